The average molecular weight is 246 g/mol. The van der Waals surface area contributed by atoms with Crippen LogP contribution in [-0.2, 0) is 12.8 Å². The first-order chi connectivity index (χ1) is 8.88. The number of nitrogens with two attached hydrogens (primary N) is 1. The number of rotatable bonds is 2. The normalized spacial score (nSPS) is 23.8. The molecule has 1 atom stereocenters. The Bertz CT molecular complexity index is 418. The lowest BCUT2D eigenvalue weighted by molar-refractivity contribution is 0.457. The molecule has 4 nitrogen and oxygen atoms in total. The van der Waals surface area contributed by atoms with Crippen LogP contribution in [0.5, 0.6) is 0 Å². The molecule has 1 fully saturated rings. The van der Waals surface area contributed by atoms with E-state index < -0.39 is 0 Å². The SMILES string of the molecule is NCC1CCCCN1c1ncc2c(n1)CCCC2. The lowest BCUT2D eigenvalue weighted by Crippen LogP contribution is -2.45. The molecule has 1 unspecified atom stereocenters. The van der Waals surface area contributed by atoms with E-state index in [1.54, 1.807) is 0 Å². The Kier molecular flexibility index (Phi) is 3.46. The third-order valence-electron chi connectivity index (χ3n) is 4.21. The van der Waals surface area contributed by atoms with Gasteiger partial charge in [0.1, 0.15) is 0 Å². The molecule has 1 aliphatic heterocycles. The van der Waals surface area contributed by atoms with E-state index in [1.807, 2.05) is 6.20 Å². The topological polar surface area (TPSA) is 55.0 Å². The van der Waals surface area contributed by atoms with E-state index in [0.717, 1.165) is 25.3 Å². The van der Waals surface area contributed by atoms with Crippen molar-refractivity contribution in [1.82, 2.24) is 9.97 Å². The van der Waals surface area contributed by atoms with E-state index in [1.165, 1.54) is 43.4 Å². The third kappa shape index (κ3) is 2.21. The van der Waals surface area contributed by atoms with Gasteiger partial charge in [0, 0.05) is 31.0 Å². The monoisotopic (exact) mass is 246 g/mol. The highest BCUT2D eigenvalue weighted by Crippen LogP contribution is 2.24. The Morgan fingerprint density at radius 2 is 2.11 bits per heavy atom. The molecule has 0 spiro atoms. The van der Waals surface area contributed by atoms with Gasteiger partial charge in [0.25, 0.3) is 0 Å². The molecule has 2 N–H and O–H groups in total. The van der Waals surface area contributed by atoms with Crippen LogP contribution in [0.1, 0.15) is 43.4 Å². The quantitative estimate of drug-likeness (QED) is 0.862. The third-order valence-corrected chi connectivity index (χ3v) is 4.21. The molecule has 1 saturated heterocycles. The smallest absolute Gasteiger partial charge is 0.225 e. The van der Waals surface area contributed by atoms with Gasteiger partial charge in [0.15, 0.2) is 0 Å². The molecule has 0 amide bonds. The predicted molar refractivity (Wildman–Crippen MR) is 72.7 cm³/mol. The predicted octanol–water partition coefficient (Wildman–Crippen LogP) is 1.67. The fraction of sp³-hybridized carbons (Fsp3) is 0.714. The summed E-state index contributed by atoms with van der Waals surface area (Å²) in [4.78, 5) is 11.7. The fourth-order valence-electron chi connectivity index (χ4n) is 3.11. The number of piperidine rings is 1. The Morgan fingerprint density at radius 1 is 1.22 bits per heavy atom. The van der Waals surface area contributed by atoms with Crippen molar-refractivity contribution >= 4 is 5.95 Å². The maximum absolute atomic E-state index is 5.87. The molecule has 98 valence electrons. The summed E-state index contributed by atoms with van der Waals surface area (Å²) in [6.45, 7) is 1.76. The first kappa shape index (κ1) is 11.9. The van der Waals surface area contributed by atoms with Crippen LogP contribution < -0.4 is 10.6 Å². The minimum absolute atomic E-state index is 0.431. The van der Waals surface area contributed by atoms with Gasteiger partial charge in [-0.25, -0.2) is 9.97 Å². The molecule has 3 rings (SSSR count). The lowest BCUT2D eigenvalue weighted by Gasteiger charge is -2.35. The van der Waals surface area contributed by atoms with Gasteiger partial charge in [-0.05, 0) is 50.5 Å². The Morgan fingerprint density at radius 3 is 3.00 bits per heavy atom. The van der Waals surface area contributed by atoms with E-state index in [4.69, 9.17) is 10.7 Å². The largest absolute Gasteiger partial charge is 0.337 e. The molecule has 4 heteroatoms. The molecule has 0 saturated carbocycles. The fourth-order valence-corrected chi connectivity index (χ4v) is 3.11. The highest BCUT2D eigenvalue weighted by Gasteiger charge is 2.24. The number of hydrogen-bond donors (Lipinski definition) is 1. The van der Waals surface area contributed by atoms with Gasteiger partial charge < -0.3 is 10.6 Å². The molecular formula is C14H22N4. The second-order valence-electron chi connectivity index (χ2n) is 5.43. The summed E-state index contributed by atoms with van der Waals surface area (Å²) in [5, 5.41) is 0. The first-order valence-corrected chi connectivity index (χ1v) is 7.20. The highest BCUT2D eigenvalue weighted by atomic mass is 15.3. The van der Waals surface area contributed by atoms with Crippen molar-refractivity contribution in [2.24, 2.45) is 5.73 Å². The molecule has 1 aliphatic carbocycles. The number of aryl methyl sites for hydroxylation is 2. The van der Waals surface area contributed by atoms with Crippen LogP contribution in [0, 0.1) is 0 Å². The van der Waals surface area contributed by atoms with Crippen molar-refractivity contribution in [3.05, 3.63) is 17.5 Å². The summed E-state index contributed by atoms with van der Waals surface area (Å²) in [5.74, 6) is 0.908. The molecule has 2 aliphatic rings. The Labute approximate surface area is 109 Å². The van der Waals surface area contributed by atoms with Gasteiger partial charge in [-0.15, -0.1) is 0 Å². The number of fused-ring (bicyclic) bond motifs is 1. The summed E-state index contributed by atoms with van der Waals surface area (Å²) < 4.78 is 0. The summed E-state index contributed by atoms with van der Waals surface area (Å²) in [7, 11) is 0. The van der Waals surface area contributed by atoms with Crippen LogP contribution in [0.3, 0.4) is 0 Å². The van der Waals surface area contributed by atoms with Crippen LogP contribution in [0.4, 0.5) is 5.95 Å². The van der Waals surface area contributed by atoms with Crippen molar-refractivity contribution in [1.29, 1.82) is 0 Å². The van der Waals surface area contributed by atoms with E-state index in [9.17, 15) is 0 Å². The van der Waals surface area contributed by atoms with Gasteiger partial charge in [-0.3, -0.25) is 0 Å². The molecular weight excluding hydrogens is 224 g/mol. The van der Waals surface area contributed by atoms with Crippen molar-refractivity contribution in [3.63, 3.8) is 0 Å². The second-order valence-corrected chi connectivity index (χ2v) is 5.43. The first-order valence-electron chi connectivity index (χ1n) is 7.20. The maximum Gasteiger partial charge on any atom is 0.225 e. The molecule has 18 heavy (non-hydrogen) atoms. The summed E-state index contributed by atoms with van der Waals surface area (Å²) in [5.41, 5.74) is 8.50. The molecule has 0 radical (unpaired) electrons. The number of aromatic nitrogens is 2. The van der Waals surface area contributed by atoms with Crippen LogP contribution in [0.25, 0.3) is 0 Å². The van der Waals surface area contributed by atoms with Crippen molar-refractivity contribution in [3.8, 4) is 0 Å². The van der Waals surface area contributed by atoms with Gasteiger partial charge in [-0.2, -0.15) is 0 Å². The summed E-state index contributed by atoms with van der Waals surface area (Å²) in [6.07, 6.45) is 10.5. The van der Waals surface area contributed by atoms with Crippen molar-refractivity contribution < 1.29 is 0 Å². The van der Waals surface area contributed by atoms with Gasteiger partial charge in [0.2, 0.25) is 5.95 Å². The zero-order valence-corrected chi connectivity index (χ0v) is 10.9. The summed E-state index contributed by atoms with van der Waals surface area (Å²) in [6, 6.07) is 0.431. The van der Waals surface area contributed by atoms with Crippen LogP contribution in [-0.4, -0.2) is 29.1 Å². The minimum atomic E-state index is 0.431. The van der Waals surface area contributed by atoms with Crippen LogP contribution in [0.15, 0.2) is 6.20 Å². The molecule has 0 bridgehead atoms. The number of hydrogen-bond acceptors (Lipinski definition) is 4. The molecule has 2 heterocycles. The van der Waals surface area contributed by atoms with Crippen LogP contribution in [0.2, 0.25) is 0 Å². The van der Waals surface area contributed by atoms with Gasteiger partial charge in [-0.1, -0.05) is 0 Å². The molecule has 0 aromatic carbocycles. The Hall–Kier alpha value is -1.16. The van der Waals surface area contributed by atoms with Crippen LogP contribution >= 0.6 is 0 Å². The number of nitrogens with zero attached hydrogens (tertiary/aromatic N) is 3. The molecule has 1 aromatic rings. The highest BCUT2D eigenvalue weighted by molar-refractivity contribution is 5.36. The van der Waals surface area contributed by atoms with E-state index >= 15 is 0 Å². The number of anilines is 1. The van der Waals surface area contributed by atoms with Gasteiger partial charge >= 0.3 is 0 Å². The van der Waals surface area contributed by atoms with Gasteiger partial charge in [0.05, 0.1) is 0 Å². The molecule has 1 aromatic heterocycles. The Balaban J connectivity index is 1.86. The second kappa shape index (κ2) is 5.22. The minimum Gasteiger partial charge on any atom is -0.337 e. The zero-order valence-electron chi connectivity index (χ0n) is 10.9. The zero-order chi connectivity index (χ0) is 12.4. The van der Waals surface area contributed by atoms with Crippen molar-refractivity contribution in [2.45, 2.75) is 51.0 Å². The maximum atomic E-state index is 5.87. The van der Waals surface area contributed by atoms with Crippen molar-refractivity contribution in [2.75, 3.05) is 18.0 Å². The summed E-state index contributed by atoms with van der Waals surface area (Å²) >= 11 is 0. The average Bonchev–Trinajstić information content (AvgIpc) is 2.46. The lowest BCUT2D eigenvalue weighted by atomic mass is 9.97. The van der Waals surface area contributed by atoms with E-state index in [2.05, 4.69) is 9.88 Å². The van der Waals surface area contributed by atoms with E-state index in [-0.39, 0.29) is 0 Å². The van der Waals surface area contributed by atoms with E-state index in [0.29, 0.717) is 12.6 Å². The standard InChI is InChI=1S/C14H22N4/c15-9-12-6-3-4-8-18(12)14-16-10-11-5-1-2-7-13(11)17-14/h10,12H,1-9,15H2.